The monoisotopic (exact) mass is 178 g/mol. The topological polar surface area (TPSA) is 48.6 Å². The molecule has 0 fully saturated rings. The molecule has 0 aromatic carbocycles. The van der Waals surface area contributed by atoms with Crippen LogP contribution >= 0.6 is 34.8 Å². The van der Waals surface area contributed by atoms with Crippen LogP contribution in [0.4, 0.5) is 0 Å². The molecule has 0 aliphatic carbocycles. The van der Waals surface area contributed by atoms with Gasteiger partial charge in [-0.05, 0) is 6.92 Å². The van der Waals surface area contributed by atoms with Crippen LogP contribution in [-0.2, 0) is 4.79 Å². The number of carbonyl (C=O) groups is 1. The van der Waals surface area contributed by atoms with Crippen molar-refractivity contribution in [3.8, 4) is 0 Å². The summed E-state index contributed by atoms with van der Waals surface area (Å²) in [6, 6.07) is 0. The minimum absolute atomic E-state index is 0. The molecule has 0 radical (unpaired) electrons. The third-order valence-electron chi connectivity index (χ3n) is 0.399. The van der Waals surface area contributed by atoms with Crippen molar-refractivity contribution < 1.29 is 10.3 Å². The van der Waals surface area contributed by atoms with Gasteiger partial charge in [0.15, 0.2) is 5.78 Å². The summed E-state index contributed by atoms with van der Waals surface area (Å²) in [5.41, 5.74) is 0. The zero-order valence-corrected chi connectivity index (χ0v) is 6.31. The first-order chi connectivity index (χ1) is 2.94. The van der Waals surface area contributed by atoms with Gasteiger partial charge in [-0.1, -0.05) is 34.8 Å². The molecule has 0 unspecified atom stereocenters. The molecule has 8 heavy (non-hydrogen) atoms. The summed E-state index contributed by atoms with van der Waals surface area (Å²) in [5.74, 6) is -0.461. The van der Waals surface area contributed by atoms with Crippen LogP contribution in [0, 0.1) is 0 Å². The molecule has 0 amide bonds. The molecule has 0 aliphatic rings. The lowest BCUT2D eigenvalue weighted by Gasteiger charge is -2.01. The maximum Gasteiger partial charge on any atom is 0.248 e. The van der Waals surface area contributed by atoms with Crippen LogP contribution in [0.5, 0.6) is 0 Å². The van der Waals surface area contributed by atoms with Gasteiger partial charge in [-0.15, -0.1) is 0 Å². The molecular formula is C3H5Cl3O2. The van der Waals surface area contributed by atoms with Crippen molar-refractivity contribution in [1.82, 2.24) is 0 Å². The zero-order valence-electron chi connectivity index (χ0n) is 4.04. The number of halogens is 3. The van der Waals surface area contributed by atoms with Gasteiger partial charge in [0.2, 0.25) is 3.79 Å². The average Bonchev–Trinajstić information content (AvgIpc) is 1.31. The van der Waals surface area contributed by atoms with E-state index < -0.39 is 9.58 Å². The largest absolute Gasteiger partial charge is 0.412 e. The van der Waals surface area contributed by atoms with Gasteiger partial charge in [-0.2, -0.15) is 0 Å². The molecule has 0 aliphatic heterocycles. The molecule has 5 heteroatoms. The number of carbonyl (C=O) groups excluding carboxylic acids is 1. The highest BCUT2D eigenvalue weighted by molar-refractivity contribution is 6.76. The van der Waals surface area contributed by atoms with Gasteiger partial charge in [0.25, 0.3) is 0 Å². The van der Waals surface area contributed by atoms with E-state index in [1.54, 1.807) is 0 Å². The summed E-state index contributed by atoms with van der Waals surface area (Å²) in [4.78, 5) is 10.1. The highest BCUT2D eigenvalue weighted by Crippen LogP contribution is 2.26. The smallest absolute Gasteiger partial charge is 0.248 e. The second-order valence-corrected chi connectivity index (χ2v) is 3.34. The van der Waals surface area contributed by atoms with Crippen molar-refractivity contribution in [2.45, 2.75) is 10.7 Å². The highest BCUT2D eigenvalue weighted by atomic mass is 35.6. The second kappa shape index (κ2) is 3.51. The first kappa shape index (κ1) is 11.3. The van der Waals surface area contributed by atoms with Crippen LogP contribution in [0.1, 0.15) is 6.92 Å². The Hall–Kier alpha value is 0.500. The lowest BCUT2D eigenvalue weighted by atomic mass is 10.5. The van der Waals surface area contributed by atoms with Crippen molar-refractivity contribution in [2.24, 2.45) is 0 Å². The molecule has 2 nitrogen and oxygen atoms in total. The van der Waals surface area contributed by atoms with E-state index in [9.17, 15) is 4.79 Å². The number of Topliss-reactive ketones (excluding diaryl/α,β-unsaturated/α-hetero) is 1. The number of rotatable bonds is 0. The summed E-state index contributed by atoms with van der Waals surface area (Å²) in [5, 5.41) is 0. The van der Waals surface area contributed by atoms with E-state index in [2.05, 4.69) is 0 Å². The molecule has 0 atom stereocenters. The molecule has 0 aromatic rings. The van der Waals surface area contributed by atoms with E-state index in [1.807, 2.05) is 0 Å². The van der Waals surface area contributed by atoms with Gasteiger partial charge < -0.3 is 5.48 Å². The molecule has 0 bridgehead atoms. The van der Waals surface area contributed by atoms with Gasteiger partial charge in [0, 0.05) is 0 Å². The van der Waals surface area contributed by atoms with Crippen molar-refractivity contribution >= 4 is 40.6 Å². The van der Waals surface area contributed by atoms with Crippen molar-refractivity contribution in [3.63, 3.8) is 0 Å². The Bertz CT molecular complexity index is 85.0. The summed E-state index contributed by atoms with van der Waals surface area (Å²) < 4.78 is -1.72. The van der Waals surface area contributed by atoms with E-state index in [4.69, 9.17) is 34.8 Å². The highest BCUT2D eigenvalue weighted by Gasteiger charge is 2.25. The van der Waals surface area contributed by atoms with Crippen LogP contribution in [0.15, 0.2) is 0 Å². The predicted molar refractivity (Wildman–Crippen MR) is 34.6 cm³/mol. The lowest BCUT2D eigenvalue weighted by Crippen LogP contribution is -2.13. The number of ketones is 1. The first-order valence-electron chi connectivity index (χ1n) is 1.52. The van der Waals surface area contributed by atoms with Crippen molar-refractivity contribution in [3.05, 3.63) is 0 Å². The quantitative estimate of drug-likeness (QED) is 0.514. The fourth-order valence-corrected chi connectivity index (χ4v) is 0. The van der Waals surface area contributed by atoms with Crippen LogP contribution in [0.2, 0.25) is 0 Å². The van der Waals surface area contributed by atoms with Crippen LogP contribution in [0.25, 0.3) is 0 Å². The average molecular weight is 179 g/mol. The molecule has 2 N–H and O–H groups in total. The number of hydrogen-bond donors (Lipinski definition) is 0. The van der Waals surface area contributed by atoms with Gasteiger partial charge in [-0.3, -0.25) is 4.79 Å². The minimum atomic E-state index is -1.72. The van der Waals surface area contributed by atoms with Crippen molar-refractivity contribution in [2.75, 3.05) is 0 Å². The molecule has 0 saturated carbocycles. The predicted octanol–water partition coefficient (Wildman–Crippen LogP) is 1.12. The molecule has 0 saturated heterocycles. The Morgan fingerprint density at radius 3 is 1.50 bits per heavy atom. The van der Waals surface area contributed by atoms with Crippen LogP contribution in [0.3, 0.4) is 0 Å². The Kier molecular flexibility index (Phi) is 4.97. The van der Waals surface area contributed by atoms with Gasteiger partial charge in [0.05, 0.1) is 0 Å². The zero-order chi connectivity index (χ0) is 6.08. The summed E-state index contributed by atoms with van der Waals surface area (Å²) in [6.07, 6.45) is 0. The van der Waals surface area contributed by atoms with Gasteiger partial charge in [-0.25, -0.2) is 0 Å². The molecule has 0 rings (SSSR count). The first-order valence-corrected chi connectivity index (χ1v) is 2.65. The van der Waals surface area contributed by atoms with E-state index >= 15 is 0 Å². The van der Waals surface area contributed by atoms with Crippen molar-refractivity contribution in [1.29, 1.82) is 0 Å². The standard InChI is InChI=1S/C3H3Cl3O.H2O/c1-2(7)3(4,5)6;/h1H3;1H2. The maximum absolute atomic E-state index is 10.1. The fourth-order valence-electron chi connectivity index (χ4n) is 0. The third-order valence-corrected chi connectivity index (χ3v) is 1.20. The van der Waals surface area contributed by atoms with E-state index in [1.165, 1.54) is 6.92 Å². The fraction of sp³-hybridized carbons (Fsp3) is 0.667. The maximum atomic E-state index is 10.1. The molecular weight excluding hydrogens is 174 g/mol. The minimum Gasteiger partial charge on any atom is -0.412 e. The van der Waals surface area contributed by atoms with Crippen LogP contribution < -0.4 is 0 Å². The third kappa shape index (κ3) is 4.65. The Morgan fingerprint density at radius 1 is 1.38 bits per heavy atom. The SMILES string of the molecule is CC(=O)C(Cl)(Cl)Cl.O. The molecule has 0 heterocycles. The molecule has 0 spiro atoms. The summed E-state index contributed by atoms with van der Waals surface area (Å²) >= 11 is 15.1. The summed E-state index contributed by atoms with van der Waals surface area (Å²) in [7, 11) is 0. The van der Waals surface area contributed by atoms with Gasteiger partial charge in [0.1, 0.15) is 0 Å². The second-order valence-electron chi connectivity index (χ2n) is 1.05. The summed E-state index contributed by atoms with van der Waals surface area (Å²) in [6.45, 7) is 1.22. The number of hydrogen-bond acceptors (Lipinski definition) is 1. The van der Waals surface area contributed by atoms with Gasteiger partial charge >= 0.3 is 0 Å². The normalized spacial score (nSPS) is 10.0. The molecule has 0 aromatic heterocycles. The van der Waals surface area contributed by atoms with E-state index in [-0.39, 0.29) is 5.48 Å². The van der Waals surface area contributed by atoms with Crippen LogP contribution in [-0.4, -0.2) is 15.1 Å². The van der Waals surface area contributed by atoms with E-state index in [0.717, 1.165) is 0 Å². The Labute approximate surface area is 62.0 Å². The lowest BCUT2D eigenvalue weighted by molar-refractivity contribution is -0.116. The molecule has 50 valence electrons. The van der Waals surface area contributed by atoms with E-state index in [0.29, 0.717) is 0 Å². The Morgan fingerprint density at radius 2 is 1.50 bits per heavy atom. The Balaban J connectivity index is 0. The number of alkyl halides is 3.